The highest BCUT2D eigenvalue weighted by Crippen LogP contribution is 2.27. The minimum atomic E-state index is -3.69. The van der Waals surface area contributed by atoms with Gasteiger partial charge in [0.15, 0.2) is 0 Å². The molecule has 0 aliphatic carbocycles. The fourth-order valence-corrected chi connectivity index (χ4v) is 4.94. The zero-order valence-electron chi connectivity index (χ0n) is 17.3. The number of rotatable bonds is 7. The van der Waals surface area contributed by atoms with Gasteiger partial charge in [-0.2, -0.15) is 0 Å². The summed E-state index contributed by atoms with van der Waals surface area (Å²) in [4.78, 5) is 21.0. The number of imidazole rings is 1. The molecule has 1 amide bonds. The summed E-state index contributed by atoms with van der Waals surface area (Å²) in [7, 11) is -0.788. The van der Waals surface area contributed by atoms with Crippen molar-refractivity contribution in [3.63, 3.8) is 0 Å². The van der Waals surface area contributed by atoms with Crippen LogP contribution in [0.1, 0.15) is 42.5 Å². The summed E-state index contributed by atoms with van der Waals surface area (Å²) in [6.45, 7) is 4.09. The second-order valence-electron chi connectivity index (χ2n) is 7.41. The minimum absolute atomic E-state index is 0.0453. The maximum atomic E-state index is 13.0. The smallest absolute Gasteiger partial charge is 0.251 e. The van der Waals surface area contributed by atoms with E-state index in [0.717, 1.165) is 21.8 Å². The maximum absolute atomic E-state index is 13.0. The van der Waals surface area contributed by atoms with Crippen LogP contribution in [0.15, 0.2) is 51.8 Å². The minimum Gasteiger partial charge on any atom is -0.342 e. The lowest BCUT2D eigenvalue weighted by Gasteiger charge is -2.23. The zero-order valence-corrected chi connectivity index (χ0v) is 19.7. The number of hydrogen-bond donors (Lipinski definition) is 2. The first-order valence-electron chi connectivity index (χ1n) is 9.62. The molecule has 0 saturated heterocycles. The normalized spacial score (nSPS) is 14.1. The van der Waals surface area contributed by atoms with Gasteiger partial charge in [-0.25, -0.2) is 17.7 Å². The highest BCUT2D eigenvalue weighted by Gasteiger charge is 2.26. The van der Waals surface area contributed by atoms with Crippen molar-refractivity contribution in [1.29, 1.82) is 0 Å². The van der Waals surface area contributed by atoms with Gasteiger partial charge in [0.25, 0.3) is 5.91 Å². The van der Waals surface area contributed by atoms with Gasteiger partial charge in [-0.05, 0) is 52.2 Å². The molecule has 0 saturated carbocycles. The lowest BCUT2D eigenvalue weighted by molar-refractivity contribution is 0.0920. The molecule has 0 spiro atoms. The van der Waals surface area contributed by atoms with E-state index in [0.29, 0.717) is 10.3 Å². The fraction of sp³-hybridized carbons (Fsp3) is 0.333. The molecule has 0 aliphatic heterocycles. The molecule has 0 bridgehead atoms. The van der Waals surface area contributed by atoms with Gasteiger partial charge in [0.1, 0.15) is 5.82 Å². The molecule has 2 atom stereocenters. The molecule has 7 nitrogen and oxygen atoms in total. The number of amides is 1. The van der Waals surface area contributed by atoms with Crippen LogP contribution in [-0.4, -0.2) is 42.7 Å². The van der Waals surface area contributed by atoms with E-state index in [1.807, 2.05) is 38.1 Å². The molecule has 3 rings (SSSR count). The molecule has 0 fully saturated rings. The van der Waals surface area contributed by atoms with Crippen molar-refractivity contribution in [2.75, 3.05) is 14.1 Å². The van der Waals surface area contributed by atoms with Gasteiger partial charge >= 0.3 is 0 Å². The molecule has 0 radical (unpaired) electrons. The lowest BCUT2D eigenvalue weighted by Crippen LogP contribution is -2.33. The number of hydrogen-bond acceptors (Lipinski definition) is 4. The third kappa shape index (κ3) is 4.43. The van der Waals surface area contributed by atoms with Gasteiger partial charge < -0.3 is 10.3 Å². The highest BCUT2D eigenvalue weighted by atomic mass is 79.9. The van der Waals surface area contributed by atoms with Gasteiger partial charge in [0.2, 0.25) is 10.0 Å². The molecule has 0 aliphatic rings. The summed E-state index contributed by atoms with van der Waals surface area (Å²) in [6.07, 6.45) is 0.836. The number of benzene rings is 2. The Morgan fingerprint density at radius 3 is 2.57 bits per heavy atom. The number of para-hydroxylation sites is 2. The number of nitrogens with one attached hydrogen (secondary N) is 2. The Morgan fingerprint density at radius 1 is 1.23 bits per heavy atom. The largest absolute Gasteiger partial charge is 0.342 e. The van der Waals surface area contributed by atoms with Gasteiger partial charge in [0, 0.05) is 24.1 Å². The molecule has 2 aromatic carbocycles. The van der Waals surface area contributed by atoms with Crippen molar-refractivity contribution >= 4 is 42.9 Å². The number of sulfonamides is 1. The summed E-state index contributed by atoms with van der Waals surface area (Å²) >= 11 is 3.27. The van der Waals surface area contributed by atoms with Crippen molar-refractivity contribution in [2.24, 2.45) is 5.92 Å². The van der Waals surface area contributed by atoms with Crippen molar-refractivity contribution < 1.29 is 13.2 Å². The number of H-pyrrole nitrogens is 1. The SMILES string of the molecule is CCC(C)C(NC(=O)c1ccc(Br)c(S(=O)(=O)N(C)C)c1)c1nc2ccccc2[nH]1. The Morgan fingerprint density at radius 2 is 1.93 bits per heavy atom. The molecule has 2 N–H and O–H groups in total. The molecule has 2 unspecified atom stereocenters. The second kappa shape index (κ2) is 8.87. The summed E-state index contributed by atoms with van der Waals surface area (Å²) in [5.41, 5.74) is 2.00. The van der Waals surface area contributed by atoms with Crippen molar-refractivity contribution in [3.05, 3.63) is 58.3 Å². The van der Waals surface area contributed by atoms with E-state index in [4.69, 9.17) is 0 Å². The van der Waals surface area contributed by atoms with Crippen LogP contribution < -0.4 is 5.32 Å². The van der Waals surface area contributed by atoms with E-state index in [1.54, 1.807) is 12.1 Å². The second-order valence-corrected chi connectivity index (χ2v) is 10.4. The third-order valence-corrected chi connectivity index (χ3v) is 7.96. The van der Waals surface area contributed by atoms with E-state index in [2.05, 4.69) is 31.2 Å². The number of halogens is 1. The first-order valence-corrected chi connectivity index (χ1v) is 11.9. The molecule has 160 valence electrons. The van der Waals surface area contributed by atoms with Crippen LogP contribution in [0.3, 0.4) is 0 Å². The Kier molecular flexibility index (Phi) is 6.64. The van der Waals surface area contributed by atoms with E-state index < -0.39 is 10.0 Å². The van der Waals surface area contributed by atoms with Crippen LogP contribution in [0.4, 0.5) is 0 Å². The van der Waals surface area contributed by atoms with E-state index >= 15 is 0 Å². The van der Waals surface area contributed by atoms with E-state index in [-0.39, 0.29) is 28.3 Å². The van der Waals surface area contributed by atoms with Gasteiger partial charge in [-0.1, -0.05) is 32.4 Å². The van der Waals surface area contributed by atoms with Gasteiger partial charge in [-0.15, -0.1) is 0 Å². The van der Waals surface area contributed by atoms with Crippen LogP contribution in [0.25, 0.3) is 11.0 Å². The monoisotopic (exact) mass is 492 g/mol. The molecular weight excluding hydrogens is 468 g/mol. The van der Waals surface area contributed by atoms with Crippen LogP contribution >= 0.6 is 15.9 Å². The standard InChI is InChI=1S/C21H25BrN4O3S/c1-5-13(2)19(20-23-16-8-6-7-9-17(16)24-20)25-21(27)14-10-11-15(22)18(12-14)30(28,29)26(3)4/h6-13,19H,5H2,1-4H3,(H,23,24)(H,25,27). The Bertz CT molecular complexity index is 1140. The Balaban J connectivity index is 1.95. The maximum Gasteiger partial charge on any atom is 0.251 e. The Labute approximate surface area is 185 Å². The van der Waals surface area contributed by atoms with E-state index in [9.17, 15) is 13.2 Å². The average Bonchev–Trinajstić information content (AvgIpc) is 3.15. The lowest BCUT2D eigenvalue weighted by atomic mass is 9.98. The quantitative estimate of drug-likeness (QED) is 0.518. The summed E-state index contributed by atoms with van der Waals surface area (Å²) in [5.74, 6) is 0.440. The fourth-order valence-electron chi connectivity index (χ4n) is 3.10. The van der Waals surface area contributed by atoms with Crippen LogP contribution in [0.5, 0.6) is 0 Å². The first kappa shape index (κ1) is 22.5. The number of aromatic amines is 1. The molecule has 1 aromatic heterocycles. The van der Waals surface area contributed by atoms with Crippen molar-refractivity contribution in [2.45, 2.75) is 31.2 Å². The molecule has 30 heavy (non-hydrogen) atoms. The number of aromatic nitrogens is 2. The van der Waals surface area contributed by atoms with Gasteiger partial charge in [-0.3, -0.25) is 4.79 Å². The number of carbonyl (C=O) groups excluding carboxylic acids is 1. The molecular formula is C21H25BrN4O3S. The van der Waals surface area contributed by atoms with Crippen LogP contribution in [0.2, 0.25) is 0 Å². The predicted octanol–water partition coefficient (Wildman–Crippen LogP) is 4.09. The molecule has 3 aromatic rings. The predicted molar refractivity (Wildman–Crippen MR) is 121 cm³/mol. The average molecular weight is 493 g/mol. The van der Waals surface area contributed by atoms with E-state index in [1.165, 1.54) is 20.2 Å². The summed E-state index contributed by atoms with van der Waals surface area (Å²) in [5, 5.41) is 3.03. The number of nitrogens with zero attached hydrogens (tertiary/aromatic N) is 2. The first-order chi connectivity index (χ1) is 14.1. The Hall–Kier alpha value is -2.23. The molecule has 9 heteroatoms. The molecule has 1 heterocycles. The topological polar surface area (TPSA) is 95.2 Å². The number of fused-ring (bicyclic) bond motifs is 1. The summed E-state index contributed by atoms with van der Waals surface area (Å²) < 4.78 is 26.7. The van der Waals surface area contributed by atoms with Crippen LogP contribution in [0, 0.1) is 5.92 Å². The number of carbonyl (C=O) groups is 1. The van der Waals surface area contributed by atoms with Crippen molar-refractivity contribution in [1.82, 2.24) is 19.6 Å². The van der Waals surface area contributed by atoms with Crippen molar-refractivity contribution in [3.8, 4) is 0 Å². The highest BCUT2D eigenvalue weighted by molar-refractivity contribution is 9.10. The third-order valence-electron chi connectivity index (χ3n) is 5.15. The zero-order chi connectivity index (χ0) is 22.1. The summed E-state index contributed by atoms with van der Waals surface area (Å²) in [6, 6.07) is 11.9. The van der Waals surface area contributed by atoms with Gasteiger partial charge in [0.05, 0.1) is 22.0 Å². The van der Waals surface area contributed by atoms with Crippen LogP contribution in [-0.2, 0) is 10.0 Å².